The van der Waals surface area contributed by atoms with Crippen LogP contribution in [-0.4, -0.2) is 74.4 Å². The van der Waals surface area contributed by atoms with Crippen LogP contribution in [0.15, 0.2) is 53.7 Å². The lowest BCUT2D eigenvalue weighted by Crippen LogP contribution is -2.32. The highest BCUT2D eigenvalue weighted by molar-refractivity contribution is 7.90. The number of hydrogen-bond donors (Lipinski definition) is 4. The number of nitrogens with zero attached hydrogens (tertiary/aromatic N) is 2. The Bertz CT molecular complexity index is 1390. The van der Waals surface area contributed by atoms with E-state index in [1.807, 2.05) is 19.0 Å². The molecular weight excluding hydrogens is 508 g/mol. The van der Waals surface area contributed by atoms with Crippen LogP contribution >= 0.6 is 11.6 Å². The second-order valence-corrected chi connectivity index (χ2v) is 10.5. The maximum atomic E-state index is 12.7. The summed E-state index contributed by atoms with van der Waals surface area (Å²) in [7, 11) is 0.307. The zero-order valence-corrected chi connectivity index (χ0v) is 21.3. The van der Waals surface area contributed by atoms with Crippen LogP contribution in [0.25, 0.3) is 0 Å². The second-order valence-electron chi connectivity index (χ2n) is 8.08. The number of amides is 3. The first-order valence-electron chi connectivity index (χ1n) is 10.6. The molecule has 190 valence electrons. The van der Waals surface area contributed by atoms with E-state index in [-0.39, 0.29) is 26.9 Å². The quantitative estimate of drug-likeness (QED) is 0.329. The molecule has 0 saturated heterocycles. The summed E-state index contributed by atoms with van der Waals surface area (Å²) in [6, 6.07) is 10.1. The van der Waals surface area contributed by atoms with Crippen LogP contribution < -0.4 is 16.0 Å². The van der Waals surface area contributed by atoms with Crippen LogP contribution in [0.2, 0.25) is 5.02 Å². The Balaban J connectivity index is 1.63. The van der Waals surface area contributed by atoms with Crippen LogP contribution in [-0.2, 0) is 9.84 Å². The minimum atomic E-state index is -3.45. The predicted molar refractivity (Wildman–Crippen MR) is 136 cm³/mol. The normalized spacial score (nSPS) is 11.2. The minimum Gasteiger partial charge on any atom is -0.349 e. The molecule has 0 bridgehead atoms. The molecule has 36 heavy (non-hydrogen) atoms. The van der Waals surface area contributed by atoms with Crippen LogP contribution in [0.4, 0.5) is 11.4 Å². The second kappa shape index (κ2) is 11.3. The molecule has 11 nitrogen and oxygen atoms in total. The van der Waals surface area contributed by atoms with E-state index in [2.05, 4.69) is 25.9 Å². The first-order valence-corrected chi connectivity index (χ1v) is 12.9. The van der Waals surface area contributed by atoms with Crippen LogP contribution in [0.1, 0.15) is 31.3 Å². The third-order valence-electron chi connectivity index (χ3n) is 4.94. The number of aromatic amines is 1. The number of anilines is 2. The van der Waals surface area contributed by atoms with Crippen molar-refractivity contribution in [3.05, 3.63) is 70.8 Å². The SMILES string of the molecule is CN(C)CCNC(=O)c1[nH]cnc1C(=O)Nc1ccc(NC(=O)c2ccc(S(C)(=O)=O)cc2Cl)cc1. The number of aromatic nitrogens is 2. The number of benzene rings is 2. The van der Waals surface area contributed by atoms with E-state index in [9.17, 15) is 22.8 Å². The van der Waals surface area contributed by atoms with E-state index in [1.54, 1.807) is 24.3 Å². The van der Waals surface area contributed by atoms with Crippen molar-refractivity contribution in [1.29, 1.82) is 0 Å². The number of sulfone groups is 1. The average molecular weight is 533 g/mol. The molecule has 0 radical (unpaired) electrons. The molecule has 0 atom stereocenters. The van der Waals surface area contributed by atoms with E-state index in [4.69, 9.17) is 11.6 Å². The van der Waals surface area contributed by atoms with Crippen molar-refractivity contribution >= 4 is 50.5 Å². The number of carbonyl (C=O) groups excluding carboxylic acids is 3. The van der Waals surface area contributed by atoms with Gasteiger partial charge in [-0.15, -0.1) is 0 Å². The monoisotopic (exact) mass is 532 g/mol. The summed E-state index contributed by atoms with van der Waals surface area (Å²) in [5.41, 5.74) is 0.935. The van der Waals surface area contributed by atoms with Crippen molar-refractivity contribution in [3.8, 4) is 0 Å². The molecule has 3 aromatic rings. The Labute approximate surface area is 213 Å². The largest absolute Gasteiger partial charge is 0.349 e. The first kappa shape index (κ1) is 26.9. The molecule has 13 heteroatoms. The third kappa shape index (κ3) is 6.90. The van der Waals surface area contributed by atoms with E-state index in [0.717, 1.165) is 6.26 Å². The molecule has 1 heterocycles. The van der Waals surface area contributed by atoms with Gasteiger partial charge in [-0.1, -0.05) is 11.6 Å². The highest BCUT2D eigenvalue weighted by Crippen LogP contribution is 2.23. The number of imidazole rings is 1. The lowest BCUT2D eigenvalue weighted by Gasteiger charge is -2.11. The molecule has 4 N–H and O–H groups in total. The van der Waals surface area contributed by atoms with Gasteiger partial charge in [0.1, 0.15) is 5.69 Å². The van der Waals surface area contributed by atoms with Crippen molar-refractivity contribution < 1.29 is 22.8 Å². The molecule has 2 aromatic carbocycles. The fourth-order valence-corrected chi connectivity index (χ4v) is 4.04. The Kier molecular flexibility index (Phi) is 8.45. The summed E-state index contributed by atoms with van der Waals surface area (Å²) in [5.74, 6) is -1.55. The van der Waals surface area contributed by atoms with E-state index in [0.29, 0.717) is 24.5 Å². The summed E-state index contributed by atoms with van der Waals surface area (Å²) in [5, 5.41) is 8.03. The third-order valence-corrected chi connectivity index (χ3v) is 6.36. The van der Waals surface area contributed by atoms with Crippen LogP contribution in [0.5, 0.6) is 0 Å². The summed E-state index contributed by atoms with van der Waals surface area (Å²) >= 11 is 6.09. The number of likely N-dealkylation sites (N-methyl/N-ethyl adjacent to an activating group) is 1. The van der Waals surface area contributed by atoms with Crippen molar-refractivity contribution in [1.82, 2.24) is 20.2 Å². The van der Waals surface area contributed by atoms with Gasteiger partial charge in [0.2, 0.25) is 0 Å². The Morgan fingerprint density at radius 1 is 0.972 bits per heavy atom. The highest BCUT2D eigenvalue weighted by Gasteiger charge is 2.20. The van der Waals surface area contributed by atoms with Gasteiger partial charge in [-0.05, 0) is 56.6 Å². The number of halogens is 1. The van der Waals surface area contributed by atoms with E-state index in [1.165, 1.54) is 24.5 Å². The standard InChI is InChI=1S/C23H25ClN6O5S/c1-30(2)11-10-25-22(32)19-20(27-13-26-19)23(33)29-15-6-4-14(5-7-15)28-21(31)17-9-8-16(12-18(17)24)36(3,34)35/h4-9,12-13H,10-11H2,1-3H3,(H,25,32)(H,26,27)(H,28,31)(H,29,33). The Morgan fingerprint density at radius 2 is 1.58 bits per heavy atom. The van der Waals surface area contributed by atoms with Gasteiger partial charge in [0.25, 0.3) is 17.7 Å². The fraction of sp³-hybridized carbons (Fsp3) is 0.217. The van der Waals surface area contributed by atoms with E-state index < -0.39 is 27.6 Å². The van der Waals surface area contributed by atoms with Gasteiger partial charge in [-0.3, -0.25) is 14.4 Å². The molecule has 0 unspecified atom stereocenters. The first-order chi connectivity index (χ1) is 17.0. The maximum Gasteiger partial charge on any atom is 0.276 e. The lowest BCUT2D eigenvalue weighted by molar-refractivity contribution is 0.0933. The van der Waals surface area contributed by atoms with Gasteiger partial charge >= 0.3 is 0 Å². The molecule has 3 rings (SSSR count). The summed E-state index contributed by atoms with van der Waals surface area (Å²) in [4.78, 5) is 46.1. The zero-order valence-electron chi connectivity index (χ0n) is 19.8. The smallest absolute Gasteiger partial charge is 0.276 e. The molecular formula is C23H25ClN6O5S. The molecule has 0 saturated carbocycles. The average Bonchev–Trinajstić information content (AvgIpc) is 3.29. The Hall–Kier alpha value is -3.74. The molecule has 1 aromatic heterocycles. The molecule has 0 spiro atoms. The molecule has 0 fully saturated rings. The van der Waals surface area contributed by atoms with Crippen LogP contribution in [0.3, 0.4) is 0 Å². The van der Waals surface area contributed by atoms with Gasteiger partial charge in [-0.25, -0.2) is 13.4 Å². The van der Waals surface area contributed by atoms with Gasteiger partial charge in [0.05, 0.1) is 21.8 Å². The number of hydrogen-bond acceptors (Lipinski definition) is 7. The topological polar surface area (TPSA) is 153 Å². The van der Waals surface area contributed by atoms with Crippen molar-refractivity contribution in [2.45, 2.75) is 4.90 Å². The minimum absolute atomic E-state index is 0.000123. The maximum absolute atomic E-state index is 12.7. The Morgan fingerprint density at radius 3 is 2.14 bits per heavy atom. The fourth-order valence-electron chi connectivity index (χ4n) is 3.06. The van der Waals surface area contributed by atoms with Gasteiger partial charge in [0.15, 0.2) is 15.5 Å². The van der Waals surface area contributed by atoms with Crippen molar-refractivity contribution in [2.75, 3.05) is 44.1 Å². The highest BCUT2D eigenvalue weighted by atomic mass is 35.5. The molecule has 3 amide bonds. The lowest BCUT2D eigenvalue weighted by atomic mass is 10.2. The van der Waals surface area contributed by atoms with Crippen molar-refractivity contribution in [2.24, 2.45) is 0 Å². The van der Waals surface area contributed by atoms with Gasteiger partial charge < -0.3 is 25.8 Å². The number of rotatable bonds is 9. The number of carbonyl (C=O) groups is 3. The molecule has 0 aliphatic rings. The van der Waals surface area contributed by atoms with E-state index >= 15 is 0 Å². The molecule has 0 aliphatic heterocycles. The summed E-state index contributed by atoms with van der Waals surface area (Å²) in [6.45, 7) is 1.05. The van der Waals surface area contributed by atoms with Gasteiger partial charge in [-0.2, -0.15) is 0 Å². The summed E-state index contributed by atoms with van der Waals surface area (Å²) < 4.78 is 23.3. The number of H-pyrrole nitrogens is 1. The summed E-state index contributed by atoms with van der Waals surface area (Å²) in [6.07, 6.45) is 2.31. The predicted octanol–water partition coefficient (Wildman–Crippen LogP) is 2.26. The van der Waals surface area contributed by atoms with Crippen LogP contribution in [0, 0.1) is 0 Å². The van der Waals surface area contributed by atoms with Gasteiger partial charge in [0, 0.05) is 30.7 Å². The zero-order chi connectivity index (χ0) is 26.5. The molecule has 0 aliphatic carbocycles. The van der Waals surface area contributed by atoms with Crippen molar-refractivity contribution in [3.63, 3.8) is 0 Å². The number of nitrogens with one attached hydrogen (secondary N) is 4.